The standard InChI is InChI=1S/C9H8ClNO2/c1-12-7-3-6(5-11)9(10)8(4-7)13-2/h3-4H,1-2H3. The molecular weight excluding hydrogens is 190 g/mol. The zero-order valence-corrected chi connectivity index (χ0v) is 8.05. The molecule has 0 aliphatic rings. The molecule has 0 bridgehead atoms. The highest BCUT2D eigenvalue weighted by molar-refractivity contribution is 6.33. The molecule has 1 aromatic carbocycles. The number of hydrogen-bond donors (Lipinski definition) is 0. The molecule has 0 unspecified atom stereocenters. The molecule has 0 saturated heterocycles. The van der Waals surface area contributed by atoms with Gasteiger partial charge in [0.15, 0.2) is 0 Å². The molecule has 1 rings (SSSR count). The first-order valence-corrected chi connectivity index (χ1v) is 3.92. The maximum Gasteiger partial charge on any atom is 0.142 e. The minimum absolute atomic E-state index is 0.311. The summed E-state index contributed by atoms with van der Waals surface area (Å²) in [5.74, 6) is 0.996. The second-order valence-electron chi connectivity index (χ2n) is 2.30. The quantitative estimate of drug-likeness (QED) is 0.730. The average Bonchev–Trinajstić information content (AvgIpc) is 2.18. The van der Waals surface area contributed by atoms with E-state index in [1.807, 2.05) is 6.07 Å². The molecule has 68 valence electrons. The lowest BCUT2D eigenvalue weighted by Crippen LogP contribution is -1.90. The van der Waals surface area contributed by atoms with E-state index in [2.05, 4.69) is 0 Å². The normalized spacial score (nSPS) is 9.08. The second-order valence-corrected chi connectivity index (χ2v) is 2.68. The monoisotopic (exact) mass is 197 g/mol. The first kappa shape index (κ1) is 9.69. The summed E-state index contributed by atoms with van der Waals surface area (Å²) in [6, 6.07) is 5.14. The van der Waals surface area contributed by atoms with Crippen LogP contribution >= 0.6 is 11.6 Å². The van der Waals surface area contributed by atoms with E-state index in [-0.39, 0.29) is 0 Å². The van der Waals surface area contributed by atoms with Crippen LogP contribution in [0, 0.1) is 11.3 Å². The largest absolute Gasteiger partial charge is 0.497 e. The van der Waals surface area contributed by atoms with E-state index < -0.39 is 0 Å². The van der Waals surface area contributed by atoms with Crippen molar-refractivity contribution >= 4 is 11.6 Å². The smallest absolute Gasteiger partial charge is 0.142 e. The van der Waals surface area contributed by atoms with Crippen LogP contribution in [0.15, 0.2) is 12.1 Å². The molecule has 0 aliphatic carbocycles. The van der Waals surface area contributed by atoms with E-state index in [0.29, 0.717) is 22.1 Å². The van der Waals surface area contributed by atoms with Crippen molar-refractivity contribution in [3.05, 3.63) is 22.7 Å². The van der Waals surface area contributed by atoms with Gasteiger partial charge in [-0.25, -0.2) is 0 Å². The Balaban J connectivity index is 3.31. The fraction of sp³-hybridized carbons (Fsp3) is 0.222. The van der Waals surface area contributed by atoms with Crippen LogP contribution in [0.1, 0.15) is 5.56 Å². The first-order chi connectivity index (χ1) is 6.22. The van der Waals surface area contributed by atoms with E-state index in [9.17, 15) is 0 Å². The van der Waals surface area contributed by atoms with Crippen molar-refractivity contribution < 1.29 is 9.47 Å². The lowest BCUT2D eigenvalue weighted by molar-refractivity contribution is 0.394. The minimum Gasteiger partial charge on any atom is -0.497 e. The van der Waals surface area contributed by atoms with Crippen molar-refractivity contribution in [2.45, 2.75) is 0 Å². The van der Waals surface area contributed by atoms with Crippen LogP contribution < -0.4 is 9.47 Å². The Bertz CT molecular complexity index is 357. The summed E-state index contributed by atoms with van der Waals surface area (Å²) in [4.78, 5) is 0. The van der Waals surface area contributed by atoms with E-state index in [1.165, 1.54) is 14.2 Å². The van der Waals surface area contributed by atoms with E-state index in [4.69, 9.17) is 26.3 Å². The molecule has 0 atom stereocenters. The van der Waals surface area contributed by atoms with Crippen LogP contribution in [-0.4, -0.2) is 14.2 Å². The van der Waals surface area contributed by atoms with Gasteiger partial charge in [0.1, 0.15) is 22.6 Å². The Morgan fingerprint density at radius 1 is 1.31 bits per heavy atom. The summed E-state index contributed by atoms with van der Waals surface area (Å²) in [7, 11) is 3.01. The van der Waals surface area contributed by atoms with Gasteiger partial charge in [-0.05, 0) is 6.07 Å². The molecule has 3 nitrogen and oxygen atoms in total. The van der Waals surface area contributed by atoms with Crippen molar-refractivity contribution in [3.8, 4) is 17.6 Å². The topological polar surface area (TPSA) is 42.2 Å². The van der Waals surface area contributed by atoms with Crippen molar-refractivity contribution in [3.63, 3.8) is 0 Å². The predicted octanol–water partition coefficient (Wildman–Crippen LogP) is 2.23. The molecule has 0 fully saturated rings. The first-order valence-electron chi connectivity index (χ1n) is 3.54. The van der Waals surface area contributed by atoms with Crippen molar-refractivity contribution in [2.75, 3.05) is 14.2 Å². The Labute approximate surface area is 81.4 Å². The summed E-state index contributed by atoms with van der Waals surface area (Å²) in [6.07, 6.45) is 0. The molecule has 0 N–H and O–H groups in total. The Morgan fingerprint density at radius 3 is 2.46 bits per heavy atom. The number of nitrogens with zero attached hydrogens (tertiary/aromatic N) is 1. The van der Waals surface area contributed by atoms with Gasteiger partial charge >= 0.3 is 0 Å². The predicted molar refractivity (Wildman–Crippen MR) is 49.3 cm³/mol. The van der Waals surface area contributed by atoms with Gasteiger partial charge in [-0.3, -0.25) is 0 Å². The Kier molecular flexibility index (Phi) is 2.99. The number of hydrogen-bond acceptors (Lipinski definition) is 3. The minimum atomic E-state index is 0.311. The van der Waals surface area contributed by atoms with Gasteiger partial charge in [0.25, 0.3) is 0 Å². The molecular formula is C9H8ClNO2. The van der Waals surface area contributed by atoms with Crippen LogP contribution in [0.5, 0.6) is 11.5 Å². The Morgan fingerprint density at radius 2 is 2.00 bits per heavy atom. The highest BCUT2D eigenvalue weighted by Gasteiger charge is 2.09. The number of benzene rings is 1. The van der Waals surface area contributed by atoms with Crippen LogP contribution in [-0.2, 0) is 0 Å². The lowest BCUT2D eigenvalue weighted by Gasteiger charge is -2.06. The number of ether oxygens (including phenoxy) is 2. The van der Waals surface area contributed by atoms with Gasteiger partial charge in [0.05, 0.1) is 19.8 Å². The van der Waals surface area contributed by atoms with Crippen LogP contribution in [0.25, 0.3) is 0 Å². The molecule has 0 aromatic heterocycles. The molecule has 13 heavy (non-hydrogen) atoms. The third-order valence-electron chi connectivity index (χ3n) is 1.59. The van der Waals surface area contributed by atoms with E-state index in [1.54, 1.807) is 12.1 Å². The van der Waals surface area contributed by atoms with Gasteiger partial charge in [0, 0.05) is 6.07 Å². The molecule has 1 aromatic rings. The fourth-order valence-electron chi connectivity index (χ4n) is 0.920. The average molecular weight is 198 g/mol. The van der Waals surface area contributed by atoms with Crippen molar-refractivity contribution in [2.24, 2.45) is 0 Å². The van der Waals surface area contributed by atoms with Crippen LogP contribution in [0.2, 0.25) is 5.02 Å². The molecule has 4 heteroatoms. The summed E-state index contributed by atoms with van der Waals surface area (Å²) in [5.41, 5.74) is 0.345. The number of nitriles is 1. The zero-order valence-electron chi connectivity index (χ0n) is 7.30. The molecule has 0 spiro atoms. The van der Waals surface area contributed by atoms with Crippen LogP contribution in [0.4, 0.5) is 0 Å². The number of rotatable bonds is 2. The number of methoxy groups -OCH3 is 2. The molecule has 0 saturated carbocycles. The van der Waals surface area contributed by atoms with Gasteiger partial charge in [-0.15, -0.1) is 0 Å². The SMILES string of the molecule is COc1cc(C#N)c(Cl)c(OC)c1. The Hall–Kier alpha value is -1.40. The van der Waals surface area contributed by atoms with E-state index in [0.717, 1.165) is 0 Å². The zero-order chi connectivity index (χ0) is 9.84. The fourth-order valence-corrected chi connectivity index (χ4v) is 1.15. The van der Waals surface area contributed by atoms with Gasteiger partial charge in [-0.1, -0.05) is 11.6 Å². The summed E-state index contributed by atoms with van der Waals surface area (Å²) < 4.78 is 9.93. The summed E-state index contributed by atoms with van der Waals surface area (Å²) in [5, 5.41) is 9.02. The second kappa shape index (κ2) is 4.01. The van der Waals surface area contributed by atoms with Gasteiger partial charge < -0.3 is 9.47 Å². The maximum atomic E-state index is 8.71. The summed E-state index contributed by atoms with van der Waals surface area (Å²) in [6.45, 7) is 0. The molecule has 0 aliphatic heterocycles. The maximum absolute atomic E-state index is 8.71. The highest BCUT2D eigenvalue weighted by atomic mass is 35.5. The van der Waals surface area contributed by atoms with Crippen molar-refractivity contribution in [1.29, 1.82) is 5.26 Å². The van der Waals surface area contributed by atoms with E-state index >= 15 is 0 Å². The molecule has 0 radical (unpaired) electrons. The lowest BCUT2D eigenvalue weighted by atomic mass is 10.2. The molecule has 0 heterocycles. The number of halogens is 1. The third kappa shape index (κ3) is 1.85. The van der Waals surface area contributed by atoms with Gasteiger partial charge in [-0.2, -0.15) is 5.26 Å². The third-order valence-corrected chi connectivity index (χ3v) is 1.98. The highest BCUT2D eigenvalue weighted by Crippen LogP contribution is 2.32. The molecule has 0 amide bonds. The summed E-state index contributed by atoms with van der Waals surface area (Å²) >= 11 is 5.83. The van der Waals surface area contributed by atoms with Crippen molar-refractivity contribution in [1.82, 2.24) is 0 Å². The van der Waals surface area contributed by atoms with Crippen LogP contribution in [0.3, 0.4) is 0 Å². The van der Waals surface area contributed by atoms with Gasteiger partial charge in [0.2, 0.25) is 0 Å².